The molecule has 0 saturated carbocycles. The topological polar surface area (TPSA) is 98.5 Å². The highest BCUT2D eigenvalue weighted by Gasteiger charge is 2.45. The fourth-order valence-corrected chi connectivity index (χ4v) is 8.25. The number of carbonyl (C=O) groups excluding carboxylic acids is 1. The molecule has 7 rings (SSSR count). The predicted octanol–water partition coefficient (Wildman–Crippen LogP) is 6.53. The van der Waals surface area contributed by atoms with Gasteiger partial charge >= 0.3 is 6.01 Å². The summed E-state index contributed by atoms with van der Waals surface area (Å²) in [5.41, 5.74) is -0.310. The molecule has 9 nitrogen and oxygen atoms in total. The van der Waals surface area contributed by atoms with E-state index in [-0.39, 0.29) is 45.8 Å². The van der Waals surface area contributed by atoms with Crippen LogP contribution in [0.2, 0.25) is 0 Å². The van der Waals surface area contributed by atoms with Crippen LogP contribution in [0.5, 0.6) is 6.01 Å². The molecule has 0 unspecified atom stereocenters. The highest BCUT2D eigenvalue weighted by Crippen LogP contribution is 2.41. The van der Waals surface area contributed by atoms with E-state index in [0.29, 0.717) is 47.2 Å². The largest absolute Gasteiger partial charge is 0.461 e. The minimum Gasteiger partial charge on any atom is -0.461 e. The van der Waals surface area contributed by atoms with E-state index in [1.165, 1.54) is 18.3 Å². The number of aromatic nitrogens is 3. The van der Waals surface area contributed by atoms with Gasteiger partial charge in [-0.15, -0.1) is 6.42 Å². The zero-order chi connectivity index (χ0) is 36.1. The van der Waals surface area contributed by atoms with Gasteiger partial charge in [0.2, 0.25) is 5.91 Å². The third kappa shape index (κ3) is 5.94. The number of hydrogen-bond donors (Lipinski definition) is 0. The maximum atomic E-state index is 17.2. The van der Waals surface area contributed by atoms with Crippen LogP contribution in [0.4, 0.5) is 14.6 Å². The number of halogens is 2. The number of pyridine rings is 1. The summed E-state index contributed by atoms with van der Waals surface area (Å²) in [7, 11) is 1.85. The molecule has 11 heteroatoms. The number of benzene rings is 2. The summed E-state index contributed by atoms with van der Waals surface area (Å²) >= 11 is 0. The highest BCUT2D eigenvalue weighted by molar-refractivity contribution is 6.02. The van der Waals surface area contributed by atoms with Crippen LogP contribution in [-0.2, 0) is 10.2 Å². The van der Waals surface area contributed by atoms with Crippen molar-refractivity contribution in [1.29, 1.82) is 5.26 Å². The van der Waals surface area contributed by atoms with Crippen LogP contribution in [-0.4, -0.2) is 82.1 Å². The number of ether oxygens (including phenoxy) is 1. The summed E-state index contributed by atoms with van der Waals surface area (Å²) < 4.78 is 38.7. The Morgan fingerprint density at radius 2 is 1.96 bits per heavy atom. The van der Waals surface area contributed by atoms with Crippen molar-refractivity contribution in [2.75, 3.05) is 44.7 Å². The van der Waals surface area contributed by atoms with Gasteiger partial charge < -0.3 is 14.5 Å². The van der Waals surface area contributed by atoms with Crippen molar-refractivity contribution in [3.63, 3.8) is 0 Å². The minimum absolute atomic E-state index is 0.0127. The zero-order valence-electron chi connectivity index (χ0n) is 29.3. The maximum Gasteiger partial charge on any atom is 0.319 e. The van der Waals surface area contributed by atoms with Crippen LogP contribution in [0.25, 0.3) is 32.9 Å². The molecular formula is C40H41F2N7O2. The van der Waals surface area contributed by atoms with Crippen LogP contribution in [0, 0.1) is 35.3 Å². The maximum absolute atomic E-state index is 17.2. The number of anilines is 1. The number of rotatable bonds is 9. The molecule has 0 radical (unpaired) electrons. The smallest absolute Gasteiger partial charge is 0.319 e. The molecule has 0 spiro atoms. The molecule has 3 saturated heterocycles. The lowest BCUT2D eigenvalue weighted by atomic mass is 9.82. The van der Waals surface area contributed by atoms with Gasteiger partial charge in [-0.2, -0.15) is 15.2 Å². The Morgan fingerprint density at radius 3 is 2.67 bits per heavy atom. The second kappa shape index (κ2) is 13.2. The standard InChI is InChI=1S/C40H41F2N7O2/c1-6-28-31(41)13-12-25-19-26(39(3,4)23-43)20-29(33(25)28)35-34(42)36-30(21-44-35)37(47(5)22-27-11-8-18-49(27)32(50)7-2)46-38(45-36)51-24-40-14-9-16-48(40)17-10-15-40/h1,7,12-13,19-21,27H,2,8-11,14-18,22,24H2,3-5H3/t27-/m0/s1. The van der Waals surface area contributed by atoms with Crippen molar-refractivity contribution in [3.8, 4) is 35.7 Å². The van der Waals surface area contributed by atoms with E-state index in [1.807, 2.05) is 11.9 Å². The summed E-state index contributed by atoms with van der Waals surface area (Å²) in [6.07, 6.45) is 14.5. The second-order valence-corrected chi connectivity index (χ2v) is 14.6. The monoisotopic (exact) mass is 689 g/mol. The fourth-order valence-electron chi connectivity index (χ4n) is 8.25. The molecule has 0 aliphatic carbocycles. The van der Waals surface area contributed by atoms with Gasteiger partial charge in [-0.3, -0.25) is 14.7 Å². The van der Waals surface area contributed by atoms with Crippen molar-refractivity contribution in [2.45, 2.75) is 69.4 Å². The van der Waals surface area contributed by atoms with E-state index >= 15 is 8.78 Å². The van der Waals surface area contributed by atoms with E-state index in [4.69, 9.17) is 16.1 Å². The van der Waals surface area contributed by atoms with Gasteiger partial charge in [-0.25, -0.2) is 8.78 Å². The summed E-state index contributed by atoms with van der Waals surface area (Å²) in [6.45, 7) is 10.7. The molecule has 3 aliphatic heterocycles. The molecule has 0 bridgehead atoms. The average molecular weight is 690 g/mol. The zero-order valence-corrected chi connectivity index (χ0v) is 29.3. The summed E-state index contributed by atoms with van der Waals surface area (Å²) in [6, 6.07) is 8.54. The Hall–Kier alpha value is -5.13. The molecular weight excluding hydrogens is 648 g/mol. The Kier molecular flexibility index (Phi) is 8.89. The van der Waals surface area contributed by atoms with Gasteiger partial charge in [0.05, 0.1) is 28.0 Å². The summed E-state index contributed by atoms with van der Waals surface area (Å²) in [5, 5.41) is 11.2. The molecule has 2 aromatic carbocycles. The van der Waals surface area contributed by atoms with Crippen molar-refractivity contribution in [2.24, 2.45) is 0 Å². The molecule has 51 heavy (non-hydrogen) atoms. The van der Waals surface area contributed by atoms with E-state index in [1.54, 1.807) is 36.9 Å². The lowest BCUT2D eigenvalue weighted by Gasteiger charge is -2.31. The lowest BCUT2D eigenvalue weighted by Crippen LogP contribution is -2.43. The summed E-state index contributed by atoms with van der Waals surface area (Å²) in [5.74, 6) is 1.35. The SMILES string of the molecule is C#Cc1c(F)ccc2cc(C(C)(C)C#N)cc(-c3ncc4c(N(C)C[C@@H]5CCCN5C(=O)C=C)nc(OCC56CCCN5CCC6)nc4c3F)c12. The van der Waals surface area contributed by atoms with Crippen LogP contribution >= 0.6 is 0 Å². The van der Waals surface area contributed by atoms with Gasteiger partial charge in [0.15, 0.2) is 5.82 Å². The lowest BCUT2D eigenvalue weighted by molar-refractivity contribution is -0.126. The normalized spacial score (nSPS) is 18.5. The molecule has 2 aromatic heterocycles. The Morgan fingerprint density at radius 1 is 1.20 bits per heavy atom. The number of likely N-dealkylation sites (N-methyl/N-ethyl adjacent to an activating group) is 1. The molecule has 4 aromatic rings. The Balaban J connectivity index is 1.39. The molecule has 3 aliphatic rings. The Bertz CT molecular complexity index is 2140. The molecule has 3 fully saturated rings. The first-order chi connectivity index (χ1) is 24.5. The van der Waals surface area contributed by atoms with Crippen LogP contribution in [0.1, 0.15) is 63.5 Å². The first kappa shape index (κ1) is 34.3. The summed E-state index contributed by atoms with van der Waals surface area (Å²) in [4.78, 5) is 32.9. The van der Waals surface area contributed by atoms with Crippen LogP contribution < -0.4 is 9.64 Å². The fraction of sp³-hybridized carbons (Fsp3) is 0.425. The number of amides is 1. The Labute approximate surface area is 296 Å². The van der Waals surface area contributed by atoms with Crippen LogP contribution in [0.3, 0.4) is 0 Å². The first-order valence-corrected chi connectivity index (χ1v) is 17.5. The van der Waals surface area contributed by atoms with E-state index in [9.17, 15) is 10.1 Å². The van der Waals surface area contributed by atoms with Gasteiger partial charge in [0, 0.05) is 43.3 Å². The van der Waals surface area contributed by atoms with Crippen molar-refractivity contribution >= 4 is 33.4 Å². The van der Waals surface area contributed by atoms with Crippen molar-refractivity contribution < 1.29 is 18.3 Å². The molecule has 1 amide bonds. The second-order valence-electron chi connectivity index (χ2n) is 14.6. The molecule has 0 N–H and O–H groups in total. The predicted molar refractivity (Wildman–Crippen MR) is 193 cm³/mol. The van der Waals surface area contributed by atoms with Crippen LogP contribution in [0.15, 0.2) is 43.1 Å². The number of fused-ring (bicyclic) bond motifs is 3. The number of carbonyl (C=O) groups is 1. The third-order valence-electron chi connectivity index (χ3n) is 11.1. The molecule has 262 valence electrons. The quantitative estimate of drug-likeness (QED) is 0.145. The number of nitrogens with zero attached hydrogens (tertiary/aromatic N) is 7. The minimum atomic E-state index is -0.950. The molecule has 5 heterocycles. The van der Waals surface area contributed by atoms with E-state index in [2.05, 4.69) is 33.4 Å². The van der Waals surface area contributed by atoms with E-state index in [0.717, 1.165) is 51.6 Å². The van der Waals surface area contributed by atoms with Gasteiger partial charge in [-0.05, 0) is 101 Å². The number of hydrogen-bond acceptors (Lipinski definition) is 8. The molecule has 1 atom stereocenters. The number of likely N-dealkylation sites (tertiary alicyclic amines) is 1. The number of nitriles is 1. The van der Waals surface area contributed by atoms with Crippen molar-refractivity contribution in [1.82, 2.24) is 24.8 Å². The van der Waals surface area contributed by atoms with Gasteiger partial charge in [0.1, 0.15) is 29.5 Å². The van der Waals surface area contributed by atoms with Crippen molar-refractivity contribution in [3.05, 3.63) is 65.9 Å². The van der Waals surface area contributed by atoms with Gasteiger partial charge in [-0.1, -0.05) is 18.6 Å². The first-order valence-electron chi connectivity index (χ1n) is 17.5. The highest BCUT2D eigenvalue weighted by atomic mass is 19.1. The average Bonchev–Trinajstić information content (AvgIpc) is 3.86. The van der Waals surface area contributed by atoms with Gasteiger partial charge in [0.25, 0.3) is 0 Å². The third-order valence-corrected chi connectivity index (χ3v) is 11.1. The number of terminal acetylenes is 1. The van der Waals surface area contributed by atoms with E-state index < -0.39 is 17.0 Å².